The van der Waals surface area contributed by atoms with Gasteiger partial charge >= 0.3 is 0 Å². The largest absolute Gasteiger partial charge is 0.377 e. The van der Waals surface area contributed by atoms with Crippen molar-refractivity contribution in [1.29, 1.82) is 0 Å². The third-order valence-electron chi connectivity index (χ3n) is 5.52. The second-order valence-electron chi connectivity index (χ2n) is 7.70. The van der Waals surface area contributed by atoms with Gasteiger partial charge in [-0.05, 0) is 56.3 Å². The van der Waals surface area contributed by atoms with Gasteiger partial charge in [-0.2, -0.15) is 8.42 Å². The van der Waals surface area contributed by atoms with E-state index in [2.05, 4.69) is 4.18 Å². The van der Waals surface area contributed by atoms with Crippen LogP contribution in [-0.4, -0.2) is 59.9 Å². The second kappa shape index (κ2) is 7.99. The summed E-state index contributed by atoms with van der Waals surface area (Å²) < 4.78 is 43.1. The molecule has 0 aromatic heterocycles. The molecule has 6 nitrogen and oxygen atoms in total. The van der Waals surface area contributed by atoms with Crippen molar-refractivity contribution in [2.24, 2.45) is 17.8 Å². The van der Waals surface area contributed by atoms with Gasteiger partial charge in [-0.1, -0.05) is 0 Å². The van der Waals surface area contributed by atoms with E-state index in [9.17, 15) is 8.42 Å². The highest BCUT2D eigenvalue weighted by atomic mass is 32.2. The molecule has 4 saturated carbocycles. The van der Waals surface area contributed by atoms with Crippen LogP contribution in [0.3, 0.4) is 0 Å². The fraction of sp³-hybridized carbons (Fsp3) is 1.00. The highest BCUT2D eigenvalue weighted by Crippen LogP contribution is 2.57. The molecule has 140 valence electrons. The van der Waals surface area contributed by atoms with E-state index >= 15 is 0 Å². The zero-order valence-electron chi connectivity index (χ0n) is 14.6. The van der Waals surface area contributed by atoms with Gasteiger partial charge in [-0.25, -0.2) is 0 Å². The third kappa shape index (κ3) is 5.39. The maximum absolute atomic E-state index is 10.8. The molecule has 0 amide bonds. The van der Waals surface area contributed by atoms with Gasteiger partial charge in [-0.15, -0.1) is 0 Å². The van der Waals surface area contributed by atoms with Crippen LogP contribution < -0.4 is 0 Å². The topological polar surface area (TPSA) is 71.1 Å². The lowest BCUT2D eigenvalue weighted by Crippen LogP contribution is -2.52. The summed E-state index contributed by atoms with van der Waals surface area (Å²) in [5.41, 5.74) is 0.150. The van der Waals surface area contributed by atoms with Crippen LogP contribution in [0.15, 0.2) is 0 Å². The first-order valence-electron chi connectivity index (χ1n) is 9.08. The SMILES string of the molecule is CS(=O)(=O)OCCOCCOCCOC12CC3CC(CC(C3)C1)C2. The Bertz CT molecular complexity index is 468. The van der Waals surface area contributed by atoms with Crippen LogP contribution in [0.2, 0.25) is 0 Å². The molecule has 0 spiro atoms. The van der Waals surface area contributed by atoms with E-state index in [4.69, 9.17) is 14.2 Å². The molecular formula is C17H30O6S. The molecule has 0 radical (unpaired) electrons. The van der Waals surface area contributed by atoms with Crippen molar-refractivity contribution in [3.05, 3.63) is 0 Å². The number of rotatable bonds is 11. The minimum Gasteiger partial charge on any atom is -0.377 e. The normalized spacial score (nSPS) is 34.8. The van der Waals surface area contributed by atoms with Crippen LogP contribution in [0, 0.1) is 17.8 Å². The number of ether oxygens (including phenoxy) is 3. The summed E-state index contributed by atoms with van der Waals surface area (Å²) in [6, 6.07) is 0. The third-order valence-corrected chi connectivity index (χ3v) is 6.11. The quantitative estimate of drug-likeness (QED) is 0.413. The van der Waals surface area contributed by atoms with Crippen molar-refractivity contribution >= 4 is 10.1 Å². The molecule has 0 atom stereocenters. The van der Waals surface area contributed by atoms with Gasteiger partial charge in [0.15, 0.2) is 0 Å². The van der Waals surface area contributed by atoms with Crippen molar-refractivity contribution in [3.63, 3.8) is 0 Å². The van der Waals surface area contributed by atoms with Crippen molar-refractivity contribution < 1.29 is 26.8 Å². The second-order valence-corrected chi connectivity index (χ2v) is 9.34. The Morgan fingerprint density at radius 2 is 1.25 bits per heavy atom. The van der Waals surface area contributed by atoms with Crippen LogP contribution in [0.4, 0.5) is 0 Å². The van der Waals surface area contributed by atoms with E-state index in [1.807, 2.05) is 0 Å². The zero-order chi connectivity index (χ0) is 17.0. The number of hydrogen-bond acceptors (Lipinski definition) is 6. The first-order valence-corrected chi connectivity index (χ1v) is 10.9. The lowest BCUT2D eigenvalue weighted by molar-refractivity contribution is -0.169. The predicted octanol–water partition coefficient (Wildman–Crippen LogP) is 1.98. The van der Waals surface area contributed by atoms with Crippen molar-refractivity contribution in [2.75, 3.05) is 45.9 Å². The fourth-order valence-electron chi connectivity index (χ4n) is 5.09. The van der Waals surface area contributed by atoms with E-state index in [-0.39, 0.29) is 18.8 Å². The van der Waals surface area contributed by atoms with E-state index in [0.29, 0.717) is 26.4 Å². The molecular weight excluding hydrogens is 332 g/mol. The highest BCUT2D eigenvalue weighted by Gasteiger charge is 2.51. The average molecular weight is 362 g/mol. The molecule has 24 heavy (non-hydrogen) atoms. The molecule has 0 aliphatic heterocycles. The Balaban J connectivity index is 1.20. The monoisotopic (exact) mass is 362 g/mol. The summed E-state index contributed by atoms with van der Waals surface area (Å²) in [7, 11) is -3.38. The molecule has 4 rings (SSSR count). The van der Waals surface area contributed by atoms with Crippen molar-refractivity contribution in [1.82, 2.24) is 0 Å². The lowest BCUT2D eigenvalue weighted by Gasteiger charge is -2.56. The summed E-state index contributed by atoms with van der Waals surface area (Å²) in [6.07, 6.45) is 9.08. The maximum atomic E-state index is 10.8. The van der Waals surface area contributed by atoms with E-state index < -0.39 is 10.1 Å². The summed E-state index contributed by atoms with van der Waals surface area (Å²) >= 11 is 0. The van der Waals surface area contributed by atoms with E-state index in [1.165, 1.54) is 38.5 Å². The van der Waals surface area contributed by atoms with Gasteiger partial charge in [0.25, 0.3) is 10.1 Å². The summed E-state index contributed by atoms with van der Waals surface area (Å²) in [6.45, 7) is 2.47. The van der Waals surface area contributed by atoms with Gasteiger partial charge in [0, 0.05) is 0 Å². The van der Waals surface area contributed by atoms with Gasteiger partial charge in [0.1, 0.15) is 0 Å². The molecule has 7 heteroatoms. The average Bonchev–Trinajstić information content (AvgIpc) is 2.46. The first kappa shape index (κ1) is 18.6. The Morgan fingerprint density at radius 1 is 0.792 bits per heavy atom. The minimum absolute atomic E-state index is 0.0496. The molecule has 0 aromatic carbocycles. The van der Waals surface area contributed by atoms with Crippen molar-refractivity contribution in [2.45, 2.75) is 44.1 Å². The molecule has 4 aliphatic carbocycles. The Kier molecular flexibility index (Phi) is 6.19. The summed E-state index contributed by atoms with van der Waals surface area (Å²) in [5, 5.41) is 0. The standard InChI is InChI=1S/C17H30O6S/c1-24(18,19)23-7-5-21-3-2-20-4-6-22-17-11-14-8-15(12-17)10-16(9-14)13-17/h14-16H,2-13H2,1H3. The Hall–Kier alpha value is -0.210. The van der Waals surface area contributed by atoms with E-state index in [1.54, 1.807) is 0 Å². The van der Waals surface area contributed by atoms with Gasteiger partial charge in [0.05, 0.1) is 51.5 Å². The van der Waals surface area contributed by atoms with Crippen LogP contribution in [-0.2, 0) is 28.5 Å². The molecule has 0 N–H and O–H groups in total. The Labute approximate surface area is 145 Å². The molecule has 0 heterocycles. The molecule has 4 aliphatic rings. The molecule has 4 bridgehead atoms. The number of hydrogen-bond donors (Lipinski definition) is 0. The molecule has 4 fully saturated rings. The fourth-order valence-corrected chi connectivity index (χ4v) is 5.46. The van der Waals surface area contributed by atoms with Crippen LogP contribution in [0.1, 0.15) is 38.5 Å². The minimum atomic E-state index is -3.38. The molecule has 0 unspecified atom stereocenters. The Morgan fingerprint density at radius 3 is 1.75 bits per heavy atom. The van der Waals surface area contributed by atoms with Crippen molar-refractivity contribution in [3.8, 4) is 0 Å². The molecule has 0 saturated heterocycles. The summed E-state index contributed by atoms with van der Waals surface area (Å²) in [5.74, 6) is 2.71. The van der Waals surface area contributed by atoms with Gasteiger partial charge in [0.2, 0.25) is 0 Å². The smallest absolute Gasteiger partial charge is 0.264 e. The maximum Gasteiger partial charge on any atom is 0.264 e. The zero-order valence-corrected chi connectivity index (χ0v) is 15.4. The van der Waals surface area contributed by atoms with Gasteiger partial charge < -0.3 is 14.2 Å². The first-order chi connectivity index (χ1) is 11.4. The molecule has 0 aromatic rings. The highest BCUT2D eigenvalue weighted by molar-refractivity contribution is 7.85. The lowest BCUT2D eigenvalue weighted by atomic mass is 9.54. The van der Waals surface area contributed by atoms with E-state index in [0.717, 1.165) is 24.0 Å². The predicted molar refractivity (Wildman–Crippen MR) is 89.3 cm³/mol. The van der Waals surface area contributed by atoms with Crippen LogP contribution in [0.25, 0.3) is 0 Å². The summed E-state index contributed by atoms with van der Waals surface area (Å²) in [4.78, 5) is 0. The van der Waals surface area contributed by atoms with Crippen LogP contribution >= 0.6 is 0 Å². The van der Waals surface area contributed by atoms with Crippen LogP contribution in [0.5, 0.6) is 0 Å². The van der Waals surface area contributed by atoms with Gasteiger partial charge in [-0.3, -0.25) is 4.18 Å².